The third-order valence-electron chi connectivity index (χ3n) is 3.22. The third-order valence-corrected chi connectivity index (χ3v) is 4.68. The molecular weight excluding hydrogens is 337 g/mol. The molecule has 1 aromatic carbocycles. The van der Waals surface area contributed by atoms with E-state index in [-0.39, 0.29) is 6.42 Å². The molecule has 0 aromatic heterocycles. The number of halogens is 3. The van der Waals surface area contributed by atoms with E-state index in [0.717, 1.165) is 6.04 Å². The van der Waals surface area contributed by atoms with Crippen LogP contribution in [0.3, 0.4) is 0 Å². The van der Waals surface area contributed by atoms with Crippen molar-refractivity contribution in [2.75, 3.05) is 7.11 Å². The average molecular weight is 360 g/mol. The summed E-state index contributed by atoms with van der Waals surface area (Å²) >= 11 is 0. The van der Waals surface area contributed by atoms with Crippen molar-refractivity contribution in [3.63, 3.8) is 0 Å². The molecule has 0 heterocycles. The Bertz CT molecular complexity index is 560. The lowest BCUT2D eigenvalue weighted by molar-refractivity contribution is -0.205. The standard InChI is InChI=1S/C17H23F3O3Si/c1-22-14-10-8-13(9-11-14)15(23-16(21)17(18,19)20)7-5-6-12-24(2,3)4/h5-6,8-11,15H,7,12H2,1-4H3/b6-5-. The number of allylic oxidation sites excluding steroid dienone is 1. The molecule has 7 heteroatoms. The quantitative estimate of drug-likeness (QED) is 0.384. The van der Waals surface area contributed by atoms with Gasteiger partial charge < -0.3 is 9.47 Å². The van der Waals surface area contributed by atoms with Crippen LogP contribution in [0.2, 0.25) is 25.7 Å². The SMILES string of the molecule is COc1ccc(C(C/C=C\C[Si](C)(C)C)OC(=O)C(F)(F)F)cc1. The van der Waals surface area contributed by atoms with Gasteiger partial charge in [-0.05, 0) is 23.7 Å². The summed E-state index contributed by atoms with van der Waals surface area (Å²) in [4.78, 5) is 11.2. The monoisotopic (exact) mass is 360 g/mol. The largest absolute Gasteiger partial charge is 0.497 e. The van der Waals surface area contributed by atoms with Crippen LogP contribution in [0, 0.1) is 0 Å². The van der Waals surface area contributed by atoms with Crippen molar-refractivity contribution in [3.8, 4) is 5.75 Å². The zero-order valence-electron chi connectivity index (χ0n) is 14.3. The van der Waals surface area contributed by atoms with Crippen molar-refractivity contribution in [1.29, 1.82) is 0 Å². The van der Waals surface area contributed by atoms with Gasteiger partial charge in [-0.3, -0.25) is 0 Å². The topological polar surface area (TPSA) is 35.5 Å². The van der Waals surface area contributed by atoms with E-state index in [0.29, 0.717) is 11.3 Å². The molecular formula is C17H23F3O3Si. The molecule has 0 aliphatic carbocycles. The number of methoxy groups -OCH3 is 1. The van der Waals surface area contributed by atoms with Crippen LogP contribution in [-0.2, 0) is 9.53 Å². The highest BCUT2D eigenvalue weighted by Gasteiger charge is 2.42. The van der Waals surface area contributed by atoms with Crippen molar-refractivity contribution in [2.45, 2.75) is 44.4 Å². The van der Waals surface area contributed by atoms with Crippen LogP contribution in [0.5, 0.6) is 5.75 Å². The summed E-state index contributed by atoms with van der Waals surface area (Å²) in [6, 6.07) is 7.35. The van der Waals surface area contributed by atoms with E-state index in [1.165, 1.54) is 7.11 Å². The summed E-state index contributed by atoms with van der Waals surface area (Å²) in [6.45, 7) is 6.59. The van der Waals surface area contributed by atoms with Crippen molar-refractivity contribution in [2.24, 2.45) is 0 Å². The fourth-order valence-electron chi connectivity index (χ4n) is 1.92. The highest BCUT2D eigenvalue weighted by molar-refractivity contribution is 6.76. The minimum absolute atomic E-state index is 0.193. The van der Waals surface area contributed by atoms with Crippen LogP contribution in [0.15, 0.2) is 36.4 Å². The predicted octanol–water partition coefficient (Wildman–Crippen LogP) is 5.13. The molecule has 0 spiro atoms. The van der Waals surface area contributed by atoms with Gasteiger partial charge in [0.05, 0.1) is 7.11 Å². The van der Waals surface area contributed by atoms with Gasteiger partial charge in [-0.2, -0.15) is 13.2 Å². The Morgan fingerprint density at radius 1 is 1.17 bits per heavy atom. The lowest BCUT2D eigenvalue weighted by Gasteiger charge is -2.18. The van der Waals surface area contributed by atoms with Crippen LogP contribution in [0.1, 0.15) is 18.1 Å². The normalized spacial score (nSPS) is 13.8. The molecule has 134 valence electrons. The van der Waals surface area contributed by atoms with Gasteiger partial charge >= 0.3 is 12.1 Å². The van der Waals surface area contributed by atoms with Gasteiger partial charge in [0, 0.05) is 14.5 Å². The summed E-state index contributed by atoms with van der Waals surface area (Å²) in [5, 5.41) is 0. The maximum Gasteiger partial charge on any atom is 0.490 e. The molecule has 0 saturated heterocycles. The molecule has 0 bridgehead atoms. The van der Waals surface area contributed by atoms with Crippen LogP contribution in [-0.4, -0.2) is 27.3 Å². The summed E-state index contributed by atoms with van der Waals surface area (Å²) < 4.78 is 47.1. The third kappa shape index (κ3) is 7.21. The fraction of sp³-hybridized carbons (Fsp3) is 0.471. The molecule has 1 rings (SSSR count). The summed E-state index contributed by atoms with van der Waals surface area (Å²) in [5.41, 5.74) is 0.492. The number of carbonyl (C=O) groups excluding carboxylic acids is 1. The number of hydrogen-bond acceptors (Lipinski definition) is 3. The van der Waals surface area contributed by atoms with Gasteiger partial charge in [0.25, 0.3) is 0 Å². The number of rotatable bonds is 7. The number of carbonyl (C=O) groups is 1. The first-order valence-corrected chi connectivity index (χ1v) is 11.3. The molecule has 0 fully saturated rings. The summed E-state index contributed by atoms with van der Waals surface area (Å²) in [5.74, 6) is -1.60. The Kier molecular flexibility index (Phi) is 7.07. The average Bonchev–Trinajstić information content (AvgIpc) is 2.48. The first kappa shape index (κ1) is 20.3. The summed E-state index contributed by atoms with van der Waals surface area (Å²) in [7, 11) is 0.221. The second-order valence-corrected chi connectivity index (χ2v) is 12.2. The van der Waals surface area contributed by atoms with Gasteiger partial charge in [0.15, 0.2) is 0 Å². The van der Waals surface area contributed by atoms with Gasteiger partial charge in [-0.15, -0.1) is 0 Å². The van der Waals surface area contributed by atoms with Gasteiger partial charge in [-0.1, -0.05) is 43.9 Å². The number of alkyl halides is 3. The lowest BCUT2D eigenvalue weighted by Crippen LogP contribution is -2.27. The highest BCUT2D eigenvalue weighted by Crippen LogP contribution is 2.28. The van der Waals surface area contributed by atoms with Crippen LogP contribution in [0.4, 0.5) is 13.2 Å². The Morgan fingerprint density at radius 2 is 1.75 bits per heavy atom. The lowest BCUT2D eigenvalue weighted by atomic mass is 10.1. The minimum atomic E-state index is -5.01. The molecule has 1 unspecified atom stereocenters. The van der Waals surface area contributed by atoms with Gasteiger partial charge in [0.1, 0.15) is 11.9 Å². The van der Waals surface area contributed by atoms with Crippen LogP contribution < -0.4 is 4.74 Å². The van der Waals surface area contributed by atoms with E-state index in [1.807, 2.05) is 6.08 Å². The van der Waals surface area contributed by atoms with Gasteiger partial charge in [0.2, 0.25) is 0 Å². The second kappa shape index (κ2) is 8.37. The Hall–Kier alpha value is -1.76. The molecule has 1 aromatic rings. The molecule has 0 radical (unpaired) electrons. The first-order chi connectivity index (χ1) is 11.0. The fourth-order valence-corrected chi connectivity index (χ4v) is 2.80. The molecule has 3 nitrogen and oxygen atoms in total. The number of ether oxygens (including phenoxy) is 2. The molecule has 24 heavy (non-hydrogen) atoms. The van der Waals surface area contributed by atoms with Crippen molar-refractivity contribution < 1.29 is 27.4 Å². The maximum atomic E-state index is 12.5. The van der Waals surface area contributed by atoms with Crippen molar-refractivity contribution in [3.05, 3.63) is 42.0 Å². The predicted molar refractivity (Wildman–Crippen MR) is 89.8 cm³/mol. The Morgan fingerprint density at radius 3 is 2.21 bits per heavy atom. The molecule has 0 saturated carbocycles. The summed E-state index contributed by atoms with van der Waals surface area (Å²) in [6.07, 6.45) is -2.07. The van der Waals surface area contributed by atoms with E-state index in [2.05, 4.69) is 24.4 Å². The van der Waals surface area contributed by atoms with Crippen molar-refractivity contribution >= 4 is 14.0 Å². The number of hydrogen-bond donors (Lipinski definition) is 0. The van der Waals surface area contributed by atoms with E-state index >= 15 is 0 Å². The molecule has 1 atom stereocenters. The highest BCUT2D eigenvalue weighted by atomic mass is 28.3. The maximum absolute atomic E-state index is 12.5. The molecule has 0 N–H and O–H groups in total. The smallest absolute Gasteiger partial charge is 0.490 e. The molecule has 0 aliphatic heterocycles. The number of benzene rings is 1. The first-order valence-electron chi connectivity index (χ1n) is 7.59. The van der Waals surface area contributed by atoms with Gasteiger partial charge in [-0.25, -0.2) is 4.79 Å². The molecule has 0 aliphatic rings. The van der Waals surface area contributed by atoms with E-state index < -0.39 is 26.3 Å². The zero-order valence-corrected chi connectivity index (χ0v) is 15.3. The minimum Gasteiger partial charge on any atom is -0.497 e. The Labute approximate surface area is 141 Å². The van der Waals surface area contributed by atoms with E-state index in [1.54, 1.807) is 30.3 Å². The zero-order chi connectivity index (χ0) is 18.4. The van der Waals surface area contributed by atoms with Crippen LogP contribution in [0.25, 0.3) is 0 Å². The Balaban J connectivity index is 2.88. The van der Waals surface area contributed by atoms with Crippen molar-refractivity contribution in [1.82, 2.24) is 0 Å². The van der Waals surface area contributed by atoms with E-state index in [4.69, 9.17) is 4.74 Å². The van der Waals surface area contributed by atoms with E-state index in [9.17, 15) is 18.0 Å². The second-order valence-electron chi connectivity index (χ2n) is 6.64. The number of esters is 1. The van der Waals surface area contributed by atoms with Crippen LogP contribution >= 0.6 is 0 Å². The molecule has 0 amide bonds.